The Morgan fingerprint density at radius 2 is 2.08 bits per heavy atom. The van der Waals surface area contributed by atoms with Gasteiger partial charge in [-0.25, -0.2) is 9.97 Å². The van der Waals surface area contributed by atoms with E-state index in [-0.39, 0.29) is 0 Å². The summed E-state index contributed by atoms with van der Waals surface area (Å²) in [6, 6.07) is 2.10. The predicted octanol–water partition coefficient (Wildman–Crippen LogP) is 1.68. The van der Waals surface area contributed by atoms with Crippen molar-refractivity contribution in [3.8, 4) is 0 Å². The van der Waals surface area contributed by atoms with Crippen LogP contribution in [0.2, 0.25) is 0 Å². The highest BCUT2D eigenvalue weighted by Crippen LogP contribution is 2.29. The molecule has 0 amide bonds. The summed E-state index contributed by atoms with van der Waals surface area (Å²) in [7, 11) is 0. The van der Waals surface area contributed by atoms with Crippen LogP contribution in [-0.4, -0.2) is 45.8 Å². The fourth-order valence-corrected chi connectivity index (χ4v) is 3.65. The van der Waals surface area contributed by atoms with E-state index in [2.05, 4.69) is 30.5 Å². The third-order valence-corrected chi connectivity index (χ3v) is 5.06. The van der Waals surface area contributed by atoms with Gasteiger partial charge in [-0.1, -0.05) is 0 Å². The lowest BCUT2D eigenvalue weighted by molar-refractivity contribution is 0.193. The van der Waals surface area contributed by atoms with Crippen LogP contribution in [0.4, 0.5) is 11.8 Å². The van der Waals surface area contributed by atoms with Gasteiger partial charge in [-0.3, -0.25) is 0 Å². The van der Waals surface area contributed by atoms with Crippen molar-refractivity contribution < 1.29 is 4.74 Å². The second-order valence-electron chi connectivity index (χ2n) is 6.76. The molecular weight excluding hydrogens is 304 g/mol. The van der Waals surface area contributed by atoms with Crippen LogP contribution in [0.1, 0.15) is 30.9 Å². The lowest BCUT2D eigenvalue weighted by Gasteiger charge is -2.33. The molecule has 128 valence electrons. The molecule has 0 saturated carbocycles. The molecule has 0 aliphatic carbocycles. The molecule has 0 spiro atoms. The van der Waals surface area contributed by atoms with Gasteiger partial charge in [0.1, 0.15) is 5.82 Å². The first kappa shape index (κ1) is 15.4. The third-order valence-electron chi connectivity index (χ3n) is 5.06. The molecule has 2 N–H and O–H groups in total. The Kier molecular flexibility index (Phi) is 4.34. The molecule has 1 atom stereocenters. The average molecular weight is 328 g/mol. The van der Waals surface area contributed by atoms with Crippen LogP contribution < -0.4 is 10.6 Å². The van der Waals surface area contributed by atoms with Crippen molar-refractivity contribution in [2.75, 3.05) is 36.9 Å². The number of nitrogen functional groups attached to an aromatic ring is 1. The molecule has 2 aliphatic rings. The quantitative estimate of drug-likeness (QED) is 0.919. The van der Waals surface area contributed by atoms with E-state index in [1.54, 1.807) is 0 Å². The molecule has 2 aliphatic heterocycles. The van der Waals surface area contributed by atoms with Gasteiger partial charge in [0.05, 0.1) is 18.6 Å². The number of nitrogens with zero attached hydrogens (tertiary/aromatic N) is 5. The van der Waals surface area contributed by atoms with Gasteiger partial charge in [-0.2, -0.15) is 4.98 Å². The van der Waals surface area contributed by atoms with Gasteiger partial charge >= 0.3 is 0 Å². The minimum absolute atomic E-state index is 0.354. The molecule has 4 heterocycles. The Hall–Kier alpha value is -2.15. The molecule has 1 unspecified atom stereocenters. The van der Waals surface area contributed by atoms with E-state index in [1.807, 2.05) is 18.7 Å². The topological polar surface area (TPSA) is 82.1 Å². The second-order valence-corrected chi connectivity index (χ2v) is 6.76. The number of ether oxygens (including phenoxy) is 1. The Bertz CT molecular complexity index is 660. The molecule has 2 aromatic heterocycles. The molecule has 7 heteroatoms. The van der Waals surface area contributed by atoms with E-state index in [4.69, 9.17) is 10.5 Å². The van der Waals surface area contributed by atoms with Gasteiger partial charge in [0.15, 0.2) is 0 Å². The number of nitrogens with two attached hydrogens (primary N) is 1. The highest BCUT2D eigenvalue weighted by molar-refractivity contribution is 5.44. The lowest BCUT2D eigenvalue weighted by atomic mass is 9.96. The average Bonchev–Trinajstić information content (AvgIpc) is 3.29. The maximum Gasteiger partial charge on any atom is 0.222 e. The van der Waals surface area contributed by atoms with Crippen molar-refractivity contribution in [3.05, 3.63) is 30.5 Å². The first-order valence-corrected chi connectivity index (χ1v) is 8.71. The second kappa shape index (κ2) is 6.76. The van der Waals surface area contributed by atoms with E-state index in [0.717, 1.165) is 63.6 Å². The van der Waals surface area contributed by atoms with Crippen LogP contribution >= 0.6 is 0 Å². The first-order chi connectivity index (χ1) is 11.8. The Labute approximate surface area is 141 Å². The normalized spacial score (nSPS) is 22.2. The van der Waals surface area contributed by atoms with Gasteiger partial charge in [-0.05, 0) is 25.2 Å². The zero-order valence-corrected chi connectivity index (χ0v) is 13.8. The van der Waals surface area contributed by atoms with Crippen molar-refractivity contribution in [2.24, 2.45) is 5.92 Å². The fourth-order valence-electron chi connectivity index (χ4n) is 3.65. The number of hydrogen-bond acceptors (Lipinski definition) is 6. The number of anilines is 2. The van der Waals surface area contributed by atoms with Crippen LogP contribution in [0, 0.1) is 5.92 Å². The minimum Gasteiger partial charge on any atom is -0.381 e. The van der Waals surface area contributed by atoms with E-state index in [9.17, 15) is 0 Å². The number of piperidine rings is 1. The zero-order valence-electron chi connectivity index (χ0n) is 13.8. The molecular formula is C17H24N6O. The van der Waals surface area contributed by atoms with Gasteiger partial charge in [0, 0.05) is 50.6 Å². The van der Waals surface area contributed by atoms with E-state index < -0.39 is 0 Å². The zero-order chi connectivity index (χ0) is 16.4. The van der Waals surface area contributed by atoms with Crippen LogP contribution in [0.3, 0.4) is 0 Å². The standard InChI is InChI=1S/C17H24N6O/c18-17-20-15(14-3-8-24-11-14)9-16(21-17)23-5-1-13(2-6-23)10-22-7-4-19-12-22/h4,7,9,12-14H,1-3,5-6,8,10-11H2,(H2,18,20,21). The van der Waals surface area contributed by atoms with Crippen LogP contribution in [0.25, 0.3) is 0 Å². The Morgan fingerprint density at radius 1 is 1.21 bits per heavy atom. The molecule has 2 saturated heterocycles. The molecule has 4 rings (SSSR count). The Morgan fingerprint density at radius 3 is 2.79 bits per heavy atom. The highest BCUT2D eigenvalue weighted by Gasteiger charge is 2.24. The number of imidazole rings is 1. The largest absolute Gasteiger partial charge is 0.381 e. The van der Waals surface area contributed by atoms with Crippen molar-refractivity contribution >= 4 is 11.8 Å². The fraction of sp³-hybridized carbons (Fsp3) is 0.588. The molecule has 2 fully saturated rings. The first-order valence-electron chi connectivity index (χ1n) is 8.71. The van der Waals surface area contributed by atoms with Crippen molar-refractivity contribution in [3.63, 3.8) is 0 Å². The van der Waals surface area contributed by atoms with Gasteiger partial charge < -0.3 is 19.9 Å². The molecule has 0 aromatic carbocycles. The van der Waals surface area contributed by atoms with Crippen LogP contribution in [-0.2, 0) is 11.3 Å². The van der Waals surface area contributed by atoms with Gasteiger partial charge in [-0.15, -0.1) is 0 Å². The molecule has 0 bridgehead atoms. The summed E-state index contributed by atoms with van der Waals surface area (Å²) < 4.78 is 7.65. The number of rotatable bonds is 4. The molecule has 0 radical (unpaired) electrons. The molecule has 24 heavy (non-hydrogen) atoms. The van der Waals surface area contributed by atoms with Gasteiger partial charge in [0.2, 0.25) is 5.95 Å². The maximum absolute atomic E-state index is 5.95. The number of hydrogen-bond donors (Lipinski definition) is 1. The smallest absolute Gasteiger partial charge is 0.222 e. The van der Waals surface area contributed by atoms with Crippen LogP contribution in [0.15, 0.2) is 24.8 Å². The maximum atomic E-state index is 5.95. The third kappa shape index (κ3) is 3.36. The van der Waals surface area contributed by atoms with E-state index in [0.29, 0.717) is 17.8 Å². The van der Waals surface area contributed by atoms with E-state index in [1.165, 1.54) is 0 Å². The minimum atomic E-state index is 0.354. The summed E-state index contributed by atoms with van der Waals surface area (Å²) in [4.78, 5) is 15.3. The van der Waals surface area contributed by atoms with E-state index >= 15 is 0 Å². The summed E-state index contributed by atoms with van der Waals surface area (Å²) in [5.41, 5.74) is 6.98. The van der Waals surface area contributed by atoms with Crippen LogP contribution in [0.5, 0.6) is 0 Å². The SMILES string of the molecule is Nc1nc(C2CCOC2)cc(N2CCC(Cn3ccnc3)CC2)n1. The lowest BCUT2D eigenvalue weighted by Crippen LogP contribution is -2.35. The van der Waals surface area contributed by atoms with Crippen molar-refractivity contribution in [1.29, 1.82) is 0 Å². The summed E-state index contributed by atoms with van der Waals surface area (Å²) in [5.74, 6) is 2.38. The van der Waals surface area contributed by atoms with Gasteiger partial charge in [0.25, 0.3) is 0 Å². The summed E-state index contributed by atoms with van der Waals surface area (Å²) >= 11 is 0. The number of aromatic nitrogens is 4. The molecule has 7 nitrogen and oxygen atoms in total. The highest BCUT2D eigenvalue weighted by atomic mass is 16.5. The predicted molar refractivity (Wildman–Crippen MR) is 91.8 cm³/mol. The summed E-state index contributed by atoms with van der Waals surface area (Å²) in [6.07, 6.45) is 9.10. The van der Waals surface area contributed by atoms with Crippen molar-refractivity contribution in [2.45, 2.75) is 31.7 Å². The monoisotopic (exact) mass is 328 g/mol. The Balaban J connectivity index is 1.41. The molecule has 2 aromatic rings. The summed E-state index contributed by atoms with van der Waals surface area (Å²) in [6.45, 7) is 4.61. The van der Waals surface area contributed by atoms with Crippen molar-refractivity contribution in [1.82, 2.24) is 19.5 Å². The summed E-state index contributed by atoms with van der Waals surface area (Å²) in [5, 5.41) is 0.